The molecule has 0 aliphatic rings. The Bertz CT molecular complexity index is 379. The van der Waals surface area contributed by atoms with E-state index in [1.54, 1.807) is 14.2 Å². The molecule has 1 aromatic carbocycles. The van der Waals surface area contributed by atoms with Crippen LogP contribution in [0.2, 0.25) is 0 Å². The molecule has 0 saturated carbocycles. The van der Waals surface area contributed by atoms with Gasteiger partial charge in [0.25, 0.3) is 0 Å². The molecule has 1 rings (SSSR count). The first-order valence-electron chi connectivity index (χ1n) is 6.16. The lowest BCUT2D eigenvalue weighted by molar-refractivity contribution is -0.124. The van der Waals surface area contributed by atoms with Gasteiger partial charge in [-0.3, -0.25) is 4.79 Å². The number of rotatable bonds is 7. The minimum absolute atomic E-state index is 0.234. The molecule has 0 aromatic heterocycles. The zero-order valence-corrected chi connectivity index (χ0v) is 11.7. The second kappa shape index (κ2) is 6.55. The van der Waals surface area contributed by atoms with Gasteiger partial charge in [-0.1, -0.05) is 12.1 Å². The van der Waals surface area contributed by atoms with E-state index in [2.05, 4.69) is 0 Å². The molecule has 100 valence electrons. The molecular weight excluding hydrogens is 228 g/mol. The van der Waals surface area contributed by atoms with Crippen molar-refractivity contribution in [3.63, 3.8) is 0 Å². The quantitative estimate of drug-likeness (QED) is 0.746. The lowest BCUT2D eigenvalue weighted by Gasteiger charge is -2.21. The Labute approximate surface area is 109 Å². The number of benzene rings is 1. The van der Waals surface area contributed by atoms with E-state index in [0.29, 0.717) is 12.8 Å². The van der Waals surface area contributed by atoms with Crippen molar-refractivity contribution in [3.05, 3.63) is 29.8 Å². The zero-order chi connectivity index (χ0) is 13.6. The second-order valence-electron chi connectivity index (χ2n) is 5.03. The van der Waals surface area contributed by atoms with E-state index in [9.17, 15) is 4.79 Å². The van der Waals surface area contributed by atoms with Gasteiger partial charge in [0.1, 0.15) is 11.5 Å². The Morgan fingerprint density at radius 3 is 2.28 bits per heavy atom. The molecule has 0 saturated heterocycles. The van der Waals surface area contributed by atoms with Gasteiger partial charge in [-0.25, -0.2) is 0 Å². The van der Waals surface area contributed by atoms with E-state index >= 15 is 0 Å². The molecule has 0 spiro atoms. The van der Waals surface area contributed by atoms with Crippen molar-refractivity contribution in [3.8, 4) is 5.75 Å². The molecule has 0 bridgehead atoms. The molecule has 0 unspecified atom stereocenters. The van der Waals surface area contributed by atoms with Crippen LogP contribution in [0.4, 0.5) is 0 Å². The first-order valence-corrected chi connectivity index (χ1v) is 6.16. The normalized spacial score (nSPS) is 11.3. The average Bonchev–Trinajstić information content (AvgIpc) is 2.36. The summed E-state index contributed by atoms with van der Waals surface area (Å²) in [6.45, 7) is 3.86. The molecule has 3 nitrogen and oxygen atoms in total. The van der Waals surface area contributed by atoms with Crippen LogP contribution in [0.1, 0.15) is 32.3 Å². The van der Waals surface area contributed by atoms with E-state index < -0.39 is 0 Å². The highest BCUT2D eigenvalue weighted by atomic mass is 16.5. The van der Waals surface area contributed by atoms with Gasteiger partial charge in [-0.05, 0) is 38.0 Å². The molecule has 0 aliphatic heterocycles. The number of hydrogen-bond acceptors (Lipinski definition) is 3. The summed E-state index contributed by atoms with van der Waals surface area (Å²) in [6, 6.07) is 7.82. The van der Waals surface area contributed by atoms with E-state index in [1.165, 1.54) is 0 Å². The maximum Gasteiger partial charge on any atom is 0.136 e. The van der Waals surface area contributed by atoms with Crippen LogP contribution < -0.4 is 4.74 Å². The number of aryl methyl sites for hydroxylation is 1. The van der Waals surface area contributed by atoms with Crippen molar-refractivity contribution < 1.29 is 14.3 Å². The highest BCUT2D eigenvalue weighted by molar-refractivity contribution is 5.79. The van der Waals surface area contributed by atoms with Crippen LogP contribution in [0.15, 0.2) is 24.3 Å². The third-order valence-electron chi connectivity index (χ3n) is 3.03. The third kappa shape index (κ3) is 4.88. The van der Waals surface area contributed by atoms with Crippen LogP contribution >= 0.6 is 0 Å². The summed E-state index contributed by atoms with van der Waals surface area (Å²) in [5.41, 5.74) is 0.788. The number of methoxy groups -OCH3 is 2. The summed E-state index contributed by atoms with van der Waals surface area (Å²) in [6.07, 6.45) is 1.78. The predicted molar refractivity (Wildman–Crippen MR) is 72.0 cm³/mol. The van der Waals surface area contributed by atoms with Gasteiger partial charge in [-0.15, -0.1) is 0 Å². The van der Waals surface area contributed by atoms with E-state index in [1.807, 2.05) is 38.1 Å². The third-order valence-corrected chi connectivity index (χ3v) is 3.03. The van der Waals surface area contributed by atoms with Gasteiger partial charge in [0.15, 0.2) is 0 Å². The Balaban J connectivity index is 2.42. The molecule has 18 heavy (non-hydrogen) atoms. The van der Waals surface area contributed by atoms with Crippen molar-refractivity contribution in [2.45, 2.75) is 38.7 Å². The maximum atomic E-state index is 11.8. The summed E-state index contributed by atoms with van der Waals surface area (Å²) in [7, 11) is 3.28. The monoisotopic (exact) mass is 250 g/mol. The standard InChI is InChI=1S/C15H22O3/c1-15(2,18-4)11-13(16)8-5-12-6-9-14(17-3)10-7-12/h6-7,9-10H,5,8,11H2,1-4H3. The van der Waals surface area contributed by atoms with Crippen LogP contribution in [-0.2, 0) is 16.0 Å². The first-order chi connectivity index (χ1) is 8.46. The molecule has 0 N–H and O–H groups in total. The van der Waals surface area contributed by atoms with Crippen LogP contribution in [0.5, 0.6) is 5.75 Å². The fraction of sp³-hybridized carbons (Fsp3) is 0.533. The lowest BCUT2D eigenvalue weighted by Crippen LogP contribution is -2.26. The maximum absolute atomic E-state index is 11.8. The van der Waals surface area contributed by atoms with Crippen LogP contribution in [0, 0.1) is 0 Å². The number of hydrogen-bond donors (Lipinski definition) is 0. The molecule has 0 heterocycles. The zero-order valence-electron chi connectivity index (χ0n) is 11.7. The van der Waals surface area contributed by atoms with Gasteiger partial charge in [0.05, 0.1) is 12.7 Å². The number of carbonyl (C=O) groups is 1. The molecule has 1 aromatic rings. The minimum atomic E-state index is -0.364. The molecule has 0 aliphatic carbocycles. The summed E-state index contributed by atoms with van der Waals surface area (Å²) in [5, 5.41) is 0. The van der Waals surface area contributed by atoms with Gasteiger partial charge in [0, 0.05) is 20.0 Å². The first kappa shape index (κ1) is 14.7. The molecule has 0 fully saturated rings. The highest BCUT2D eigenvalue weighted by Gasteiger charge is 2.20. The lowest BCUT2D eigenvalue weighted by atomic mass is 9.97. The van der Waals surface area contributed by atoms with Crippen LogP contribution in [0.25, 0.3) is 0 Å². The highest BCUT2D eigenvalue weighted by Crippen LogP contribution is 2.17. The van der Waals surface area contributed by atoms with E-state index in [4.69, 9.17) is 9.47 Å². The number of ether oxygens (including phenoxy) is 2. The smallest absolute Gasteiger partial charge is 0.136 e. The van der Waals surface area contributed by atoms with Gasteiger partial charge in [0.2, 0.25) is 0 Å². The van der Waals surface area contributed by atoms with Crippen molar-refractivity contribution in [1.82, 2.24) is 0 Å². The summed E-state index contributed by atoms with van der Waals surface area (Å²) in [5.74, 6) is 1.07. The fourth-order valence-corrected chi connectivity index (χ4v) is 1.71. The second-order valence-corrected chi connectivity index (χ2v) is 5.03. The van der Waals surface area contributed by atoms with Gasteiger partial charge >= 0.3 is 0 Å². The summed E-state index contributed by atoms with van der Waals surface area (Å²) in [4.78, 5) is 11.8. The Hall–Kier alpha value is -1.35. The Kier molecular flexibility index (Phi) is 5.35. The Morgan fingerprint density at radius 2 is 1.78 bits per heavy atom. The van der Waals surface area contributed by atoms with Crippen LogP contribution in [-0.4, -0.2) is 25.6 Å². The van der Waals surface area contributed by atoms with Gasteiger partial charge in [-0.2, -0.15) is 0 Å². The molecular formula is C15H22O3. The number of ketones is 1. The summed E-state index contributed by atoms with van der Waals surface area (Å²) < 4.78 is 10.3. The topological polar surface area (TPSA) is 35.5 Å². The number of carbonyl (C=O) groups excluding carboxylic acids is 1. The average molecular weight is 250 g/mol. The molecule has 0 amide bonds. The Morgan fingerprint density at radius 1 is 1.17 bits per heavy atom. The molecule has 0 atom stereocenters. The summed E-state index contributed by atoms with van der Waals surface area (Å²) >= 11 is 0. The fourth-order valence-electron chi connectivity index (χ4n) is 1.71. The van der Waals surface area contributed by atoms with E-state index in [0.717, 1.165) is 17.7 Å². The SMILES string of the molecule is COc1ccc(CCC(=O)CC(C)(C)OC)cc1. The van der Waals surface area contributed by atoms with Crippen molar-refractivity contribution in [1.29, 1.82) is 0 Å². The molecule has 3 heteroatoms. The van der Waals surface area contributed by atoms with E-state index in [-0.39, 0.29) is 11.4 Å². The number of Topliss-reactive ketones (excluding diaryl/α,β-unsaturated/α-hetero) is 1. The predicted octanol–water partition coefficient (Wildman–Crippen LogP) is 3.01. The van der Waals surface area contributed by atoms with Crippen LogP contribution in [0.3, 0.4) is 0 Å². The van der Waals surface area contributed by atoms with Crippen molar-refractivity contribution in [2.24, 2.45) is 0 Å². The molecule has 0 radical (unpaired) electrons. The van der Waals surface area contributed by atoms with Crippen molar-refractivity contribution >= 4 is 5.78 Å². The largest absolute Gasteiger partial charge is 0.497 e. The van der Waals surface area contributed by atoms with Gasteiger partial charge < -0.3 is 9.47 Å². The minimum Gasteiger partial charge on any atom is -0.497 e. The van der Waals surface area contributed by atoms with Crippen molar-refractivity contribution in [2.75, 3.05) is 14.2 Å².